The van der Waals surface area contributed by atoms with Crippen LogP contribution >= 0.6 is 0 Å². The molecule has 1 aliphatic carbocycles. The van der Waals surface area contributed by atoms with Crippen LogP contribution in [-0.4, -0.2) is 30.1 Å². The third-order valence-corrected chi connectivity index (χ3v) is 2.91. The minimum atomic E-state index is 0.0129. The first-order chi connectivity index (χ1) is 6.10. The van der Waals surface area contributed by atoms with Crippen LogP contribution in [0, 0.1) is 5.92 Å². The third-order valence-electron chi connectivity index (χ3n) is 2.91. The van der Waals surface area contributed by atoms with E-state index in [2.05, 4.69) is 25.3 Å². The lowest BCUT2D eigenvalue weighted by Crippen LogP contribution is -2.49. The maximum absolute atomic E-state index is 6.25. The zero-order valence-electron chi connectivity index (χ0n) is 8.92. The molecule has 0 aliphatic heterocycles. The average molecular weight is 182 g/mol. The second kappa shape index (κ2) is 4.25. The number of hydrogen-bond acceptors (Lipinski definition) is 2. The van der Waals surface area contributed by atoms with Gasteiger partial charge < -0.3 is 5.73 Å². The van der Waals surface area contributed by atoms with Gasteiger partial charge >= 0.3 is 0 Å². The number of nitrogens with two attached hydrogens (primary N) is 1. The molecule has 2 nitrogen and oxygen atoms in total. The molecule has 2 N–H and O–H groups in total. The van der Waals surface area contributed by atoms with E-state index < -0.39 is 0 Å². The van der Waals surface area contributed by atoms with Gasteiger partial charge in [0.25, 0.3) is 0 Å². The van der Waals surface area contributed by atoms with Gasteiger partial charge in [-0.25, -0.2) is 0 Å². The third kappa shape index (κ3) is 3.12. The summed E-state index contributed by atoms with van der Waals surface area (Å²) in [5, 5.41) is 0. The van der Waals surface area contributed by atoms with Crippen LogP contribution in [0.2, 0.25) is 0 Å². The lowest BCUT2D eigenvalue weighted by Gasteiger charge is -2.31. The zero-order valence-corrected chi connectivity index (χ0v) is 8.92. The number of hydrogen-bond donors (Lipinski definition) is 1. The Morgan fingerprint density at radius 2 is 2.23 bits per heavy atom. The van der Waals surface area contributed by atoms with Gasteiger partial charge in [0, 0.05) is 18.6 Å². The number of nitrogens with zero attached hydrogens (tertiary/aromatic N) is 1. The van der Waals surface area contributed by atoms with Crippen molar-refractivity contribution in [3.63, 3.8) is 0 Å². The Morgan fingerprint density at radius 3 is 2.62 bits per heavy atom. The van der Waals surface area contributed by atoms with Crippen LogP contribution in [0.25, 0.3) is 0 Å². The van der Waals surface area contributed by atoms with Gasteiger partial charge in [-0.15, -0.1) is 6.58 Å². The highest BCUT2D eigenvalue weighted by molar-refractivity contribution is 4.97. The summed E-state index contributed by atoms with van der Waals surface area (Å²) in [6.45, 7) is 11.1. The van der Waals surface area contributed by atoms with E-state index in [9.17, 15) is 0 Å². The molecule has 0 amide bonds. The summed E-state index contributed by atoms with van der Waals surface area (Å²) < 4.78 is 0. The fourth-order valence-corrected chi connectivity index (χ4v) is 1.84. The molecular formula is C11H22N2. The van der Waals surface area contributed by atoms with Crippen LogP contribution in [0.1, 0.15) is 26.7 Å². The molecule has 2 heteroatoms. The summed E-state index contributed by atoms with van der Waals surface area (Å²) in [5.74, 6) is 0.756. The van der Waals surface area contributed by atoms with Crippen LogP contribution in [0.4, 0.5) is 0 Å². The monoisotopic (exact) mass is 182 g/mol. The molecule has 0 saturated heterocycles. The van der Waals surface area contributed by atoms with E-state index in [1.807, 2.05) is 6.08 Å². The quantitative estimate of drug-likeness (QED) is 0.632. The molecule has 0 heterocycles. The van der Waals surface area contributed by atoms with Gasteiger partial charge in [0.2, 0.25) is 0 Å². The second-order valence-electron chi connectivity index (χ2n) is 4.40. The molecule has 0 aromatic rings. The van der Waals surface area contributed by atoms with Crippen molar-refractivity contribution in [2.75, 3.05) is 19.6 Å². The summed E-state index contributed by atoms with van der Waals surface area (Å²) in [6, 6.07) is 0. The highest BCUT2D eigenvalue weighted by Crippen LogP contribution is 2.38. The highest BCUT2D eigenvalue weighted by atomic mass is 15.1. The average Bonchev–Trinajstić information content (AvgIpc) is 2.85. The lowest BCUT2D eigenvalue weighted by molar-refractivity contribution is 0.228. The first kappa shape index (κ1) is 10.7. The van der Waals surface area contributed by atoms with Gasteiger partial charge in [-0.2, -0.15) is 0 Å². The summed E-state index contributed by atoms with van der Waals surface area (Å²) in [6.07, 6.45) is 4.59. The van der Waals surface area contributed by atoms with E-state index >= 15 is 0 Å². The minimum Gasteiger partial charge on any atom is -0.324 e. The van der Waals surface area contributed by atoms with Gasteiger partial charge in [-0.05, 0) is 32.2 Å². The lowest BCUT2D eigenvalue weighted by atomic mass is 9.96. The molecule has 0 aromatic carbocycles. The molecule has 0 spiro atoms. The molecule has 1 rings (SSSR count). The Kier molecular flexibility index (Phi) is 3.51. The zero-order chi connectivity index (χ0) is 9.90. The molecule has 1 unspecified atom stereocenters. The van der Waals surface area contributed by atoms with Crippen molar-refractivity contribution in [1.82, 2.24) is 4.90 Å². The fourth-order valence-electron chi connectivity index (χ4n) is 1.84. The van der Waals surface area contributed by atoms with Crippen molar-refractivity contribution in [3.05, 3.63) is 12.7 Å². The van der Waals surface area contributed by atoms with Crippen LogP contribution in [0.3, 0.4) is 0 Å². The first-order valence-corrected chi connectivity index (χ1v) is 5.22. The number of rotatable bonds is 6. The molecule has 0 radical (unpaired) electrons. The van der Waals surface area contributed by atoms with E-state index in [-0.39, 0.29) is 5.54 Å². The molecule has 1 atom stereocenters. The van der Waals surface area contributed by atoms with E-state index in [1.165, 1.54) is 12.8 Å². The van der Waals surface area contributed by atoms with Crippen molar-refractivity contribution in [1.29, 1.82) is 0 Å². The summed E-state index contributed by atoms with van der Waals surface area (Å²) in [5.41, 5.74) is 6.27. The Balaban J connectivity index is 2.38. The second-order valence-corrected chi connectivity index (χ2v) is 4.40. The molecule has 0 aromatic heterocycles. The maximum Gasteiger partial charge on any atom is 0.0283 e. The summed E-state index contributed by atoms with van der Waals surface area (Å²) >= 11 is 0. The number of likely N-dealkylation sites (N-methyl/N-ethyl adjacent to an activating group) is 1. The smallest absolute Gasteiger partial charge is 0.0283 e. The van der Waals surface area contributed by atoms with E-state index in [0.29, 0.717) is 0 Å². The van der Waals surface area contributed by atoms with Crippen LogP contribution in [-0.2, 0) is 0 Å². The summed E-state index contributed by atoms with van der Waals surface area (Å²) in [4.78, 5) is 2.35. The molecule has 76 valence electrons. The van der Waals surface area contributed by atoms with Gasteiger partial charge in [-0.3, -0.25) is 4.90 Å². The van der Waals surface area contributed by atoms with E-state index in [1.54, 1.807) is 0 Å². The maximum atomic E-state index is 6.25. The van der Waals surface area contributed by atoms with Gasteiger partial charge in [0.05, 0.1) is 0 Å². The van der Waals surface area contributed by atoms with Gasteiger partial charge in [-0.1, -0.05) is 13.0 Å². The Bertz CT molecular complexity index is 171. The van der Waals surface area contributed by atoms with Crippen LogP contribution in [0.15, 0.2) is 12.7 Å². The topological polar surface area (TPSA) is 29.3 Å². The first-order valence-electron chi connectivity index (χ1n) is 5.22. The van der Waals surface area contributed by atoms with Crippen molar-refractivity contribution in [3.8, 4) is 0 Å². The normalized spacial score (nSPS) is 21.5. The fraction of sp³-hybridized carbons (Fsp3) is 0.818. The SMILES string of the molecule is C=CCN(CC)CC(C)(N)C1CC1. The Hall–Kier alpha value is -0.340. The van der Waals surface area contributed by atoms with Crippen LogP contribution < -0.4 is 5.73 Å². The van der Waals surface area contributed by atoms with Crippen molar-refractivity contribution in [2.24, 2.45) is 11.7 Å². The standard InChI is InChI=1S/C11H22N2/c1-4-8-13(5-2)9-11(3,12)10-6-7-10/h4,10H,1,5-9,12H2,2-3H3. The van der Waals surface area contributed by atoms with Gasteiger partial charge in [0.15, 0.2) is 0 Å². The molecule has 13 heavy (non-hydrogen) atoms. The predicted octanol–water partition coefficient (Wildman–Crippen LogP) is 1.62. The predicted molar refractivity (Wildman–Crippen MR) is 57.6 cm³/mol. The largest absolute Gasteiger partial charge is 0.324 e. The molecule has 1 aliphatic rings. The van der Waals surface area contributed by atoms with Crippen LogP contribution in [0.5, 0.6) is 0 Å². The minimum absolute atomic E-state index is 0.0129. The van der Waals surface area contributed by atoms with Crippen molar-refractivity contribution >= 4 is 0 Å². The van der Waals surface area contributed by atoms with Crippen molar-refractivity contribution in [2.45, 2.75) is 32.2 Å². The molecule has 0 bridgehead atoms. The molecular weight excluding hydrogens is 160 g/mol. The summed E-state index contributed by atoms with van der Waals surface area (Å²) in [7, 11) is 0. The molecule has 1 fully saturated rings. The highest BCUT2D eigenvalue weighted by Gasteiger charge is 2.38. The van der Waals surface area contributed by atoms with E-state index in [0.717, 1.165) is 25.6 Å². The molecule has 1 saturated carbocycles. The van der Waals surface area contributed by atoms with Gasteiger partial charge in [0.1, 0.15) is 0 Å². The van der Waals surface area contributed by atoms with E-state index in [4.69, 9.17) is 5.73 Å². The Labute approximate surface area is 81.8 Å². The Morgan fingerprint density at radius 1 is 1.62 bits per heavy atom. The van der Waals surface area contributed by atoms with Crippen molar-refractivity contribution < 1.29 is 0 Å².